The lowest BCUT2D eigenvalue weighted by Crippen LogP contribution is -2.40. The van der Waals surface area contributed by atoms with E-state index < -0.39 is 9.84 Å². The van der Waals surface area contributed by atoms with Gasteiger partial charge in [0, 0.05) is 25.5 Å². The summed E-state index contributed by atoms with van der Waals surface area (Å²) in [7, 11) is -1.42. The molecule has 0 spiro atoms. The van der Waals surface area contributed by atoms with Crippen LogP contribution in [0.25, 0.3) is 0 Å². The number of methoxy groups -OCH3 is 1. The molecule has 0 N–H and O–H groups in total. The number of rotatable bonds is 6. The second-order valence-electron chi connectivity index (χ2n) is 4.11. The maximum absolute atomic E-state index is 12.1. The van der Waals surface area contributed by atoms with Gasteiger partial charge in [-0.2, -0.15) is 0 Å². The fraction of sp³-hybridized carbons (Fsp3) is 0.900. The lowest BCUT2D eigenvalue weighted by molar-refractivity contribution is -0.135. The zero-order valence-corrected chi connectivity index (χ0v) is 12.3. The number of sulfone groups is 1. The second kappa shape index (κ2) is 6.70. The molecule has 0 aromatic rings. The van der Waals surface area contributed by atoms with Gasteiger partial charge in [0.15, 0.2) is 9.84 Å². The van der Waals surface area contributed by atoms with E-state index in [1.807, 2.05) is 0 Å². The van der Waals surface area contributed by atoms with Crippen molar-refractivity contribution in [3.05, 3.63) is 0 Å². The van der Waals surface area contributed by atoms with Gasteiger partial charge in [-0.05, 0) is 6.42 Å². The Morgan fingerprint density at radius 1 is 1.47 bits per heavy atom. The minimum atomic E-state index is -3.00. The number of carbonyl (C=O) groups is 1. The third-order valence-electron chi connectivity index (χ3n) is 2.81. The van der Waals surface area contributed by atoms with Crippen molar-refractivity contribution in [3.63, 3.8) is 0 Å². The van der Waals surface area contributed by atoms with Crippen LogP contribution in [0.5, 0.6) is 0 Å². The van der Waals surface area contributed by atoms with Crippen LogP contribution in [0.4, 0.5) is 0 Å². The normalized spacial score (nSPS) is 22.6. The molecule has 1 aliphatic rings. The molecule has 1 heterocycles. The quantitative estimate of drug-likeness (QED) is 0.658. The highest BCUT2D eigenvalue weighted by Crippen LogP contribution is 2.20. The van der Waals surface area contributed by atoms with Crippen molar-refractivity contribution in [3.8, 4) is 0 Å². The summed E-state index contributed by atoms with van der Waals surface area (Å²) in [6.45, 7) is 1.56. The molecule has 1 saturated heterocycles. The highest BCUT2D eigenvalue weighted by atomic mass is 79.9. The van der Waals surface area contributed by atoms with Gasteiger partial charge in [0.2, 0.25) is 5.91 Å². The maximum atomic E-state index is 12.1. The zero-order chi connectivity index (χ0) is 12.9. The first-order chi connectivity index (χ1) is 8.00. The number of hydrogen-bond donors (Lipinski definition) is 0. The molecule has 1 fully saturated rings. The van der Waals surface area contributed by atoms with Crippen molar-refractivity contribution < 1.29 is 17.9 Å². The lowest BCUT2D eigenvalue weighted by atomic mass is 10.1. The minimum absolute atomic E-state index is 0.00238. The number of hydrogen-bond acceptors (Lipinski definition) is 4. The van der Waals surface area contributed by atoms with Crippen LogP contribution < -0.4 is 0 Å². The van der Waals surface area contributed by atoms with Crippen molar-refractivity contribution in [1.29, 1.82) is 0 Å². The highest BCUT2D eigenvalue weighted by Gasteiger charge is 2.35. The molecule has 5 nitrogen and oxygen atoms in total. The molecular weight excluding hydrogens is 310 g/mol. The van der Waals surface area contributed by atoms with Gasteiger partial charge in [0.1, 0.15) is 0 Å². The van der Waals surface area contributed by atoms with Gasteiger partial charge in [-0.3, -0.25) is 4.79 Å². The summed E-state index contributed by atoms with van der Waals surface area (Å²) in [6.07, 6.45) is 0.451. The summed E-state index contributed by atoms with van der Waals surface area (Å²) in [4.78, 5) is 13.8. The molecule has 7 heteroatoms. The fourth-order valence-electron chi connectivity index (χ4n) is 1.88. The molecule has 0 aromatic heterocycles. The van der Waals surface area contributed by atoms with E-state index in [1.54, 1.807) is 12.0 Å². The van der Waals surface area contributed by atoms with E-state index in [0.29, 0.717) is 31.4 Å². The van der Waals surface area contributed by atoms with Gasteiger partial charge in [0.05, 0.1) is 24.0 Å². The van der Waals surface area contributed by atoms with Crippen LogP contribution in [0.2, 0.25) is 0 Å². The molecular formula is C10H18BrNO4S. The van der Waals surface area contributed by atoms with Crippen LogP contribution in [-0.2, 0) is 19.4 Å². The average Bonchev–Trinajstić information content (AvgIpc) is 2.64. The third kappa shape index (κ3) is 4.56. The van der Waals surface area contributed by atoms with Crippen LogP contribution in [0, 0.1) is 5.92 Å². The molecule has 0 aliphatic carbocycles. The summed E-state index contributed by atoms with van der Waals surface area (Å²) in [5.74, 6) is -0.300. The molecule has 1 unspecified atom stereocenters. The molecule has 0 radical (unpaired) electrons. The Hall–Kier alpha value is -0.140. The zero-order valence-electron chi connectivity index (χ0n) is 9.89. The topological polar surface area (TPSA) is 63.7 Å². The summed E-state index contributed by atoms with van der Waals surface area (Å²) >= 11 is 3.29. The van der Waals surface area contributed by atoms with Gasteiger partial charge in [-0.1, -0.05) is 15.9 Å². The second-order valence-corrected chi connectivity index (χ2v) is 7.13. The summed E-state index contributed by atoms with van der Waals surface area (Å²) < 4.78 is 27.6. The Morgan fingerprint density at radius 3 is 2.65 bits per heavy atom. The molecule has 100 valence electrons. The Balaban J connectivity index is 2.58. The van der Waals surface area contributed by atoms with E-state index in [9.17, 15) is 13.2 Å². The maximum Gasteiger partial charge on any atom is 0.226 e. The monoisotopic (exact) mass is 327 g/mol. The van der Waals surface area contributed by atoms with Gasteiger partial charge in [0.25, 0.3) is 0 Å². The molecule has 1 amide bonds. The van der Waals surface area contributed by atoms with Crippen LogP contribution in [-0.4, -0.2) is 62.9 Å². The first kappa shape index (κ1) is 14.9. The smallest absolute Gasteiger partial charge is 0.226 e. The van der Waals surface area contributed by atoms with E-state index in [0.717, 1.165) is 0 Å². The van der Waals surface area contributed by atoms with Crippen molar-refractivity contribution >= 4 is 31.7 Å². The molecule has 1 aliphatic heterocycles. The Bertz CT molecular complexity index is 357. The lowest BCUT2D eigenvalue weighted by Gasteiger charge is -2.24. The van der Waals surface area contributed by atoms with Crippen LogP contribution in [0.15, 0.2) is 0 Å². The first-order valence-corrected chi connectivity index (χ1v) is 8.48. The Kier molecular flexibility index (Phi) is 5.88. The summed E-state index contributed by atoms with van der Waals surface area (Å²) in [5.41, 5.74) is 0. The van der Waals surface area contributed by atoms with Gasteiger partial charge in [-0.25, -0.2) is 8.42 Å². The van der Waals surface area contributed by atoms with E-state index in [4.69, 9.17) is 4.74 Å². The molecule has 17 heavy (non-hydrogen) atoms. The van der Waals surface area contributed by atoms with E-state index >= 15 is 0 Å². The minimum Gasteiger partial charge on any atom is -0.383 e. The average molecular weight is 328 g/mol. The summed E-state index contributed by atoms with van der Waals surface area (Å²) in [6, 6.07) is 0. The van der Waals surface area contributed by atoms with Crippen molar-refractivity contribution in [1.82, 2.24) is 4.90 Å². The predicted molar refractivity (Wildman–Crippen MR) is 69.0 cm³/mol. The Labute approximate surface area is 111 Å². The number of ether oxygens (including phenoxy) is 1. The van der Waals surface area contributed by atoms with Gasteiger partial charge < -0.3 is 9.64 Å². The van der Waals surface area contributed by atoms with Gasteiger partial charge in [-0.15, -0.1) is 0 Å². The van der Waals surface area contributed by atoms with Crippen LogP contribution >= 0.6 is 15.9 Å². The largest absolute Gasteiger partial charge is 0.383 e. The van der Waals surface area contributed by atoms with Crippen molar-refractivity contribution in [2.45, 2.75) is 6.42 Å². The molecule has 0 aromatic carbocycles. The predicted octanol–water partition coefficient (Wildman–Crippen LogP) is 0.291. The molecule has 0 saturated carbocycles. The van der Waals surface area contributed by atoms with E-state index in [2.05, 4.69) is 15.9 Å². The first-order valence-electron chi connectivity index (χ1n) is 5.54. The number of halogens is 1. The van der Waals surface area contributed by atoms with Crippen LogP contribution in [0.1, 0.15) is 6.42 Å². The SMILES string of the molecule is COCCN(CCBr)C(=O)C1CCS(=O)(=O)C1. The van der Waals surface area contributed by atoms with E-state index in [-0.39, 0.29) is 23.3 Å². The third-order valence-corrected chi connectivity index (χ3v) is 4.94. The molecule has 1 atom stereocenters. The molecule has 0 bridgehead atoms. The van der Waals surface area contributed by atoms with E-state index in [1.165, 1.54) is 0 Å². The van der Waals surface area contributed by atoms with Gasteiger partial charge >= 0.3 is 0 Å². The van der Waals surface area contributed by atoms with Crippen LogP contribution in [0.3, 0.4) is 0 Å². The number of nitrogens with zero attached hydrogens (tertiary/aromatic N) is 1. The Morgan fingerprint density at radius 2 is 2.18 bits per heavy atom. The van der Waals surface area contributed by atoms with Crippen molar-refractivity contribution in [2.75, 3.05) is 43.6 Å². The number of amides is 1. The number of alkyl halides is 1. The standard InChI is InChI=1S/C10H18BrNO4S/c1-16-6-5-12(4-3-11)10(13)9-2-7-17(14,15)8-9/h9H,2-8H2,1H3. The molecule has 1 rings (SSSR count). The number of carbonyl (C=O) groups excluding carboxylic acids is 1. The fourth-order valence-corrected chi connectivity index (χ4v) is 4.04. The van der Waals surface area contributed by atoms with Crippen molar-refractivity contribution in [2.24, 2.45) is 5.92 Å². The summed E-state index contributed by atoms with van der Waals surface area (Å²) in [5, 5.41) is 0.682. The highest BCUT2D eigenvalue weighted by molar-refractivity contribution is 9.09.